The van der Waals surface area contributed by atoms with Gasteiger partial charge in [0.1, 0.15) is 17.0 Å². The van der Waals surface area contributed by atoms with E-state index in [1.165, 1.54) is 19.2 Å². The number of nitrogens with one attached hydrogen (secondary N) is 2. The van der Waals surface area contributed by atoms with Gasteiger partial charge in [0.15, 0.2) is 27.2 Å². The zero-order chi connectivity index (χ0) is 24.6. The molecule has 0 atom stereocenters. The van der Waals surface area contributed by atoms with E-state index in [1.807, 2.05) is 7.05 Å². The van der Waals surface area contributed by atoms with Crippen LogP contribution in [-0.2, 0) is 21.6 Å². The molecule has 1 aromatic carbocycles. The molecule has 13 heteroatoms. The quantitative estimate of drug-likeness (QED) is 0.391. The van der Waals surface area contributed by atoms with Gasteiger partial charge in [-0.1, -0.05) is 0 Å². The molecule has 176 valence electrons. The molecule has 0 unspecified atom stereocenters. The number of benzene rings is 1. The normalized spacial score (nSPS) is 11.4. The Morgan fingerprint density at radius 3 is 2.59 bits per heavy atom. The molecule has 0 spiro atoms. The number of ether oxygens (including phenoxy) is 1. The fourth-order valence-corrected chi connectivity index (χ4v) is 3.93. The molecule has 3 aromatic heterocycles. The lowest BCUT2D eigenvalue weighted by Gasteiger charge is -2.15. The number of sulfone groups is 1. The van der Waals surface area contributed by atoms with Gasteiger partial charge in [0, 0.05) is 26.5 Å². The number of imidazole rings is 1. The summed E-state index contributed by atoms with van der Waals surface area (Å²) < 4.78 is 44.7. The van der Waals surface area contributed by atoms with Crippen molar-refractivity contribution in [2.24, 2.45) is 7.05 Å². The van der Waals surface area contributed by atoms with Crippen molar-refractivity contribution in [3.63, 3.8) is 0 Å². The summed E-state index contributed by atoms with van der Waals surface area (Å²) in [4.78, 5) is 29.9. The van der Waals surface area contributed by atoms with Crippen molar-refractivity contribution >= 4 is 44.2 Å². The average Bonchev–Trinajstić information content (AvgIpc) is 3.19. The zero-order valence-corrected chi connectivity index (χ0v) is 19.4. The first-order valence-electron chi connectivity index (χ1n) is 9.84. The first-order valence-corrected chi connectivity index (χ1v) is 11.7. The molecule has 0 saturated carbocycles. The number of carbonyl (C=O) groups excluding carboxylic acids is 1. The van der Waals surface area contributed by atoms with Crippen LogP contribution in [0.15, 0.2) is 41.8 Å². The Kier molecular flexibility index (Phi) is 5.87. The minimum atomic E-state index is -3.60. The van der Waals surface area contributed by atoms with Crippen molar-refractivity contribution in [1.82, 2.24) is 24.5 Å². The van der Waals surface area contributed by atoms with Gasteiger partial charge in [-0.25, -0.2) is 32.6 Å². The van der Waals surface area contributed by atoms with Crippen LogP contribution in [0.4, 0.5) is 21.7 Å². The van der Waals surface area contributed by atoms with Gasteiger partial charge in [-0.2, -0.15) is 0 Å². The molecule has 4 rings (SSSR count). The van der Waals surface area contributed by atoms with Crippen LogP contribution >= 0.6 is 0 Å². The maximum Gasteiger partial charge on any atom is 0.360 e. The van der Waals surface area contributed by atoms with Crippen molar-refractivity contribution in [1.29, 1.82) is 0 Å². The minimum Gasteiger partial charge on any atom is -0.464 e. The molecule has 34 heavy (non-hydrogen) atoms. The van der Waals surface area contributed by atoms with Crippen LogP contribution < -0.4 is 10.6 Å². The Labute approximate surface area is 194 Å². The summed E-state index contributed by atoms with van der Waals surface area (Å²) in [6, 6.07) is 3.36. The Morgan fingerprint density at radius 2 is 1.94 bits per heavy atom. The molecular weight excluding hydrogens is 465 g/mol. The maximum absolute atomic E-state index is 14.7. The predicted molar refractivity (Wildman–Crippen MR) is 123 cm³/mol. The Hall–Kier alpha value is -4.13. The standard InChI is InChI=1S/C21H20FN7O4S/c1-23-19-17(12-8-24-9-15-16(12)25-10-29(15)2)27-18(21(30)33-3)20(28-19)26-14-6-5-11(7-13(14)22)34(4,31)32/h5-10H,1-4H3,(H2,23,26,28). The van der Waals surface area contributed by atoms with Crippen molar-refractivity contribution in [2.45, 2.75) is 4.90 Å². The molecule has 0 aliphatic rings. The molecule has 0 amide bonds. The number of fused-ring (bicyclic) bond motifs is 1. The lowest BCUT2D eigenvalue weighted by atomic mass is 10.1. The minimum absolute atomic E-state index is 0.0906. The third-order valence-electron chi connectivity index (χ3n) is 5.03. The number of anilines is 3. The van der Waals surface area contributed by atoms with Crippen LogP contribution in [0.5, 0.6) is 0 Å². The van der Waals surface area contributed by atoms with Crippen LogP contribution in [0.2, 0.25) is 0 Å². The third kappa shape index (κ3) is 4.12. The summed E-state index contributed by atoms with van der Waals surface area (Å²) in [5, 5.41) is 5.63. The van der Waals surface area contributed by atoms with E-state index in [0.29, 0.717) is 11.1 Å². The summed E-state index contributed by atoms with van der Waals surface area (Å²) in [5.74, 6) is -1.48. The number of methoxy groups -OCH3 is 1. The molecular formula is C21H20FN7O4S. The number of aromatic nitrogens is 5. The van der Waals surface area contributed by atoms with Crippen molar-refractivity contribution in [2.75, 3.05) is 31.0 Å². The highest BCUT2D eigenvalue weighted by molar-refractivity contribution is 7.90. The van der Waals surface area contributed by atoms with Crippen LogP contribution in [-0.4, -0.2) is 59.3 Å². The maximum atomic E-state index is 14.7. The summed E-state index contributed by atoms with van der Waals surface area (Å²) in [5.41, 5.74) is 1.85. The Bertz CT molecular complexity index is 1540. The van der Waals surface area contributed by atoms with Gasteiger partial charge in [-0.05, 0) is 18.2 Å². The second kappa shape index (κ2) is 8.67. The lowest BCUT2D eigenvalue weighted by molar-refractivity contribution is 0.0595. The lowest BCUT2D eigenvalue weighted by Crippen LogP contribution is -2.14. The molecule has 0 saturated heterocycles. The summed E-state index contributed by atoms with van der Waals surface area (Å²) in [6.45, 7) is 0. The number of nitrogens with zero attached hydrogens (tertiary/aromatic N) is 5. The highest BCUT2D eigenvalue weighted by atomic mass is 32.2. The molecule has 0 fully saturated rings. The van der Waals surface area contributed by atoms with E-state index in [9.17, 15) is 17.6 Å². The van der Waals surface area contributed by atoms with Crippen LogP contribution in [0.3, 0.4) is 0 Å². The molecule has 3 heterocycles. The largest absolute Gasteiger partial charge is 0.464 e. The fourth-order valence-electron chi connectivity index (χ4n) is 3.30. The van der Waals surface area contributed by atoms with E-state index in [0.717, 1.165) is 17.8 Å². The number of aryl methyl sites for hydroxylation is 1. The summed E-state index contributed by atoms with van der Waals surface area (Å²) >= 11 is 0. The van der Waals surface area contributed by atoms with Gasteiger partial charge < -0.3 is 19.9 Å². The fraction of sp³-hybridized carbons (Fsp3) is 0.190. The molecule has 0 bridgehead atoms. The number of rotatable bonds is 6. The molecule has 4 aromatic rings. The zero-order valence-electron chi connectivity index (χ0n) is 18.6. The van der Waals surface area contributed by atoms with Gasteiger partial charge >= 0.3 is 5.97 Å². The number of pyridine rings is 1. The number of halogens is 1. The highest BCUT2D eigenvalue weighted by Gasteiger charge is 2.24. The van der Waals surface area contributed by atoms with E-state index in [1.54, 1.807) is 30.3 Å². The predicted octanol–water partition coefficient (Wildman–Crippen LogP) is 2.54. The number of carbonyl (C=O) groups is 1. The topological polar surface area (TPSA) is 141 Å². The van der Waals surface area contributed by atoms with Crippen molar-refractivity contribution in [3.05, 3.63) is 48.4 Å². The number of hydrogen-bond acceptors (Lipinski definition) is 10. The molecule has 0 aliphatic heterocycles. The Morgan fingerprint density at radius 1 is 1.18 bits per heavy atom. The monoisotopic (exact) mass is 485 g/mol. The van der Waals surface area contributed by atoms with E-state index in [-0.39, 0.29) is 33.6 Å². The average molecular weight is 486 g/mol. The highest BCUT2D eigenvalue weighted by Crippen LogP contribution is 2.33. The molecule has 2 N–H and O–H groups in total. The van der Waals surface area contributed by atoms with E-state index in [4.69, 9.17) is 4.74 Å². The van der Waals surface area contributed by atoms with E-state index >= 15 is 0 Å². The van der Waals surface area contributed by atoms with Gasteiger partial charge in [0.25, 0.3) is 0 Å². The molecule has 0 aliphatic carbocycles. The van der Waals surface area contributed by atoms with Crippen LogP contribution in [0.25, 0.3) is 22.3 Å². The summed E-state index contributed by atoms with van der Waals surface area (Å²) in [7, 11) is 1.02. The number of hydrogen-bond donors (Lipinski definition) is 2. The van der Waals surface area contributed by atoms with Crippen LogP contribution in [0, 0.1) is 5.82 Å². The van der Waals surface area contributed by atoms with E-state index < -0.39 is 21.6 Å². The second-order valence-corrected chi connectivity index (χ2v) is 9.32. The van der Waals surface area contributed by atoms with E-state index in [2.05, 4.69) is 30.6 Å². The molecule has 0 radical (unpaired) electrons. The first kappa shape index (κ1) is 23.0. The Balaban J connectivity index is 1.87. The van der Waals surface area contributed by atoms with Gasteiger partial charge in [0.05, 0.1) is 41.3 Å². The SMILES string of the molecule is CNc1nc(Nc2ccc(S(C)(=O)=O)cc2F)c(C(=O)OC)nc1-c1cncc2c1ncn2C. The van der Waals surface area contributed by atoms with Gasteiger partial charge in [-0.3, -0.25) is 4.98 Å². The van der Waals surface area contributed by atoms with Crippen molar-refractivity contribution < 1.29 is 22.3 Å². The second-order valence-electron chi connectivity index (χ2n) is 7.31. The smallest absolute Gasteiger partial charge is 0.360 e. The van der Waals surface area contributed by atoms with Crippen molar-refractivity contribution in [3.8, 4) is 11.3 Å². The summed E-state index contributed by atoms with van der Waals surface area (Å²) in [6.07, 6.45) is 5.81. The van der Waals surface area contributed by atoms with Gasteiger partial charge in [0.2, 0.25) is 0 Å². The molecule has 11 nitrogen and oxygen atoms in total. The number of esters is 1. The first-order chi connectivity index (χ1) is 16.1. The van der Waals surface area contributed by atoms with Gasteiger partial charge in [-0.15, -0.1) is 0 Å². The van der Waals surface area contributed by atoms with Crippen LogP contribution in [0.1, 0.15) is 10.5 Å². The third-order valence-corrected chi connectivity index (χ3v) is 6.14.